The Labute approximate surface area is 132 Å². The Kier molecular flexibility index (Phi) is 5.78. The van der Waals surface area contributed by atoms with Crippen molar-refractivity contribution in [3.8, 4) is 11.5 Å². The summed E-state index contributed by atoms with van der Waals surface area (Å²) in [4.78, 5) is 23.3. The quantitative estimate of drug-likeness (QED) is 0.754. The zero-order chi connectivity index (χ0) is 16.2. The van der Waals surface area contributed by atoms with Gasteiger partial charge in [-0.25, -0.2) is 0 Å². The molecule has 0 spiro atoms. The van der Waals surface area contributed by atoms with Crippen LogP contribution in [0.15, 0.2) is 16.6 Å². The molecule has 0 saturated carbocycles. The summed E-state index contributed by atoms with van der Waals surface area (Å²) in [6.07, 6.45) is 0.0369. The van der Waals surface area contributed by atoms with Crippen LogP contribution in [0.25, 0.3) is 0 Å². The van der Waals surface area contributed by atoms with Gasteiger partial charge in [0.1, 0.15) is 11.5 Å². The molecule has 6 heteroatoms. The fourth-order valence-electron chi connectivity index (χ4n) is 2.08. The summed E-state index contributed by atoms with van der Waals surface area (Å²) in [5.74, 6) is -0.147. The summed E-state index contributed by atoms with van der Waals surface area (Å²) in [5.41, 5.74) is -0.246. The molecule has 0 aliphatic rings. The summed E-state index contributed by atoms with van der Waals surface area (Å²) >= 11 is 3.33. The number of carbonyl (C=O) groups excluding carboxylic acids is 1. The Hall–Kier alpha value is -1.56. The van der Waals surface area contributed by atoms with E-state index in [0.29, 0.717) is 21.5 Å². The third kappa shape index (κ3) is 4.74. The summed E-state index contributed by atoms with van der Waals surface area (Å²) in [6, 6.07) is 3.26. The highest BCUT2D eigenvalue weighted by molar-refractivity contribution is 9.10. The first-order valence-corrected chi connectivity index (χ1v) is 7.16. The number of Topliss-reactive ketones (excluding diaryl/α,β-unsaturated/α-hetero) is 1. The van der Waals surface area contributed by atoms with Gasteiger partial charge in [-0.3, -0.25) is 9.59 Å². The van der Waals surface area contributed by atoms with E-state index in [0.717, 1.165) is 0 Å². The van der Waals surface area contributed by atoms with Crippen molar-refractivity contribution in [1.82, 2.24) is 0 Å². The smallest absolute Gasteiger partial charge is 0.303 e. The van der Waals surface area contributed by atoms with Crippen LogP contribution >= 0.6 is 15.9 Å². The van der Waals surface area contributed by atoms with Crippen LogP contribution in [0, 0.1) is 5.41 Å². The van der Waals surface area contributed by atoms with E-state index >= 15 is 0 Å². The van der Waals surface area contributed by atoms with Crippen LogP contribution in [0.2, 0.25) is 0 Å². The maximum absolute atomic E-state index is 12.5. The van der Waals surface area contributed by atoms with Gasteiger partial charge in [-0.05, 0) is 33.5 Å². The Balaban J connectivity index is 3.09. The number of aliphatic carboxylic acids is 1. The molecule has 1 rings (SSSR count). The van der Waals surface area contributed by atoms with E-state index in [-0.39, 0.29) is 18.6 Å². The normalized spacial score (nSPS) is 11.1. The fourth-order valence-corrected chi connectivity index (χ4v) is 2.56. The van der Waals surface area contributed by atoms with Crippen molar-refractivity contribution >= 4 is 27.7 Å². The minimum absolute atomic E-state index is 0.0747. The van der Waals surface area contributed by atoms with E-state index < -0.39 is 11.4 Å². The molecular weight excluding hydrogens is 340 g/mol. The lowest BCUT2D eigenvalue weighted by Crippen LogP contribution is -2.21. The minimum atomic E-state index is -0.923. The van der Waals surface area contributed by atoms with Crippen molar-refractivity contribution in [3.63, 3.8) is 0 Å². The van der Waals surface area contributed by atoms with Crippen molar-refractivity contribution < 1.29 is 24.2 Å². The molecule has 0 unspecified atom stereocenters. The summed E-state index contributed by atoms with van der Waals surface area (Å²) in [6.45, 7) is 3.50. The van der Waals surface area contributed by atoms with E-state index in [2.05, 4.69) is 15.9 Å². The lowest BCUT2D eigenvalue weighted by Gasteiger charge is -2.22. The predicted octanol–water partition coefficient (Wildman–Crippen LogP) is 3.54. The van der Waals surface area contributed by atoms with Crippen LogP contribution < -0.4 is 9.47 Å². The molecule has 5 nitrogen and oxygen atoms in total. The van der Waals surface area contributed by atoms with E-state index in [4.69, 9.17) is 14.6 Å². The lowest BCUT2D eigenvalue weighted by molar-refractivity contribution is -0.139. The van der Waals surface area contributed by atoms with Crippen LogP contribution in [-0.2, 0) is 4.79 Å². The molecule has 0 amide bonds. The van der Waals surface area contributed by atoms with Crippen LogP contribution in [0.4, 0.5) is 0 Å². The highest BCUT2D eigenvalue weighted by Gasteiger charge is 2.27. The highest BCUT2D eigenvalue weighted by atomic mass is 79.9. The molecule has 1 aromatic rings. The third-order valence-corrected chi connectivity index (χ3v) is 3.66. The second-order valence-electron chi connectivity index (χ2n) is 5.52. The SMILES string of the molecule is COc1cc(C(=O)CC(C)(C)CC(=O)O)c(OC)cc1Br. The van der Waals surface area contributed by atoms with E-state index in [1.54, 1.807) is 26.0 Å². The summed E-state index contributed by atoms with van der Waals surface area (Å²) in [7, 11) is 2.99. The first kappa shape index (κ1) is 17.5. The van der Waals surface area contributed by atoms with Crippen LogP contribution in [0.1, 0.15) is 37.0 Å². The first-order chi connectivity index (χ1) is 9.70. The van der Waals surface area contributed by atoms with Crippen LogP contribution in [0.3, 0.4) is 0 Å². The van der Waals surface area contributed by atoms with Gasteiger partial charge in [0.05, 0.1) is 30.7 Å². The van der Waals surface area contributed by atoms with Crippen molar-refractivity contribution in [3.05, 3.63) is 22.2 Å². The van der Waals surface area contributed by atoms with Gasteiger partial charge in [-0.2, -0.15) is 0 Å². The number of rotatable bonds is 7. The summed E-state index contributed by atoms with van der Waals surface area (Å²) in [5, 5.41) is 8.89. The van der Waals surface area contributed by atoms with Gasteiger partial charge in [0.25, 0.3) is 0 Å². The summed E-state index contributed by atoms with van der Waals surface area (Å²) < 4.78 is 11.1. The Morgan fingerprint density at radius 2 is 1.71 bits per heavy atom. The molecule has 0 aliphatic heterocycles. The fraction of sp³-hybridized carbons (Fsp3) is 0.467. The molecule has 116 valence electrons. The first-order valence-electron chi connectivity index (χ1n) is 6.36. The van der Waals surface area contributed by atoms with Gasteiger partial charge in [-0.1, -0.05) is 13.8 Å². The van der Waals surface area contributed by atoms with Crippen molar-refractivity contribution in [2.24, 2.45) is 5.41 Å². The average Bonchev–Trinajstić information content (AvgIpc) is 2.35. The Morgan fingerprint density at radius 1 is 1.14 bits per heavy atom. The molecule has 1 aromatic carbocycles. The van der Waals surface area contributed by atoms with Crippen molar-refractivity contribution in [1.29, 1.82) is 0 Å². The number of ether oxygens (including phenoxy) is 2. The molecule has 0 aliphatic carbocycles. The van der Waals surface area contributed by atoms with Gasteiger partial charge in [0.2, 0.25) is 0 Å². The molecule has 1 N–H and O–H groups in total. The number of ketones is 1. The standard InChI is InChI=1S/C15H19BrO5/c1-15(2,8-14(18)19)7-11(17)9-5-13(21-4)10(16)6-12(9)20-3/h5-6H,7-8H2,1-4H3,(H,18,19). The third-order valence-electron chi connectivity index (χ3n) is 3.04. The zero-order valence-electron chi connectivity index (χ0n) is 12.5. The maximum Gasteiger partial charge on any atom is 0.303 e. The molecule has 0 fully saturated rings. The number of hydrogen-bond donors (Lipinski definition) is 1. The van der Waals surface area contributed by atoms with Crippen LogP contribution in [0.5, 0.6) is 11.5 Å². The van der Waals surface area contributed by atoms with Gasteiger partial charge < -0.3 is 14.6 Å². The van der Waals surface area contributed by atoms with Gasteiger partial charge in [0, 0.05) is 6.42 Å². The predicted molar refractivity (Wildman–Crippen MR) is 82.2 cm³/mol. The molecule has 0 radical (unpaired) electrons. The lowest BCUT2D eigenvalue weighted by atomic mass is 9.82. The number of carbonyl (C=O) groups is 2. The monoisotopic (exact) mass is 358 g/mol. The van der Waals surface area contributed by atoms with Crippen molar-refractivity contribution in [2.45, 2.75) is 26.7 Å². The maximum atomic E-state index is 12.5. The second-order valence-corrected chi connectivity index (χ2v) is 6.38. The van der Waals surface area contributed by atoms with E-state index in [1.807, 2.05) is 0 Å². The molecule has 0 heterocycles. The van der Waals surface area contributed by atoms with Gasteiger partial charge in [-0.15, -0.1) is 0 Å². The number of methoxy groups -OCH3 is 2. The molecular formula is C15H19BrO5. The number of halogens is 1. The van der Waals surface area contributed by atoms with E-state index in [9.17, 15) is 9.59 Å². The molecule has 0 saturated heterocycles. The van der Waals surface area contributed by atoms with Crippen LogP contribution in [-0.4, -0.2) is 31.1 Å². The van der Waals surface area contributed by atoms with Gasteiger partial charge >= 0.3 is 5.97 Å². The topological polar surface area (TPSA) is 72.8 Å². The average molecular weight is 359 g/mol. The van der Waals surface area contributed by atoms with Gasteiger partial charge in [0.15, 0.2) is 5.78 Å². The van der Waals surface area contributed by atoms with Crippen molar-refractivity contribution in [2.75, 3.05) is 14.2 Å². The largest absolute Gasteiger partial charge is 0.496 e. The molecule has 0 atom stereocenters. The molecule has 21 heavy (non-hydrogen) atoms. The Bertz CT molecular complexity index is 551. The number of hydrogen-bond acceptors (Lipinski definition) is 4. The number of carboxylic acid groups (broad SMARTS) is 1. The highest BCUT2D eigenvalue weighted by Crippen LogP contribution is 2.35. The molecule has 0 aromatic heterocycles. The Morgan fingerprint density at radius 3 is 2.19 bits per heavy atom. The zero-order valence-corrected chi connectivity index (χ0v) is 14.1. The number of benzene rings is 1. The number of carboxylic acids is 1. The minimum Gasteiger partial charge on any atom is -0.496 e. The molecule has 0 bridgehead atoms. The second kappa shape index (κ2) is 6.93. The van der Waals surface area contributed by atoms with E-state index in [1.165, 1.54) is 14.2 Å².